The Balaban J connectivity index is 1.57. The number of hydrogen-bond acceptors (Lipinski definition) is 6. The maximum absolute atomic E-state index is 12.2. The van der Waals surface area contributed by atoms with Gasteiger partial charge >= 0.3 is 13.2 Å². The zero-order valence-electron chi connectivity index (χ0n) is 16.3. The number of ether oxygens (including phenoxy) is 1. The summed E-state index contributed by atoms with van der Waals surface area (Å²) < 4.78 is 16.9. The normalized spacial score (nSPS) is 23.2. The van der Waals surface area contributed by atoms with Crippen LogP contribution >= 0.6 is 0 Å². The van der Waals surface area contributed by atoms with E-state index in [1.165, 1.54) is 0 Å². The second-order valence-corrected chi connectivity index (χ2v) is 8.90. The first-order valence-corrected chi connectivity index (χ1v) is 9.16. The van der Waals surface area contributed by atoms with E-state index < -0.39 is 12.7 Å². The minimum Gasteiger partial charge on any atom is -0.444 e. The molecule has 3 heterocycles. The van der Waals surface area contributed by atoms with Crippen LogP contribution in [0, 0.1) is 5.41 Å². The third-order valence-electron chi connectivity index (χ3n) is 4.44. The molecule has 0 spiro atoms. The number of carbonyl (C=O) groups excluding carboxylic acids is 1. The van der Waals surface area contributed by atoms with Gasteiger partial charge in [0.25, 0.3) is 0 Å². The van der Waals surface area contributed by atoms with Crippen molar-refractivity contribution in [2.75, 3.05) is 26.3 Å². The smallest absolute Gasteiger partial charge is 0.444 e. The van der Waals surface area contributed by atoms with Gasteiger partial charge in [0.2, 0.25) is 0 Å². The first kappa shape index (κ1) is 19.1. The molecule has 2 aliphatic rings. The second kappa shape index (κ2) is 7.16. The number of aromatic nitrogens is 2. The predicted molar refractivity (Wildman–Crippen MR) is 98.3 cm³/mol. The third-order valence-corrected chi connectivity index (χ3v) is 4.44. The Hall–Kier alpha value is -1.67. The van der Waals surface area contributed by atoms with E-state index in [1.807, 2.05) is 20.8 Å². The van der Waals surface area contributed by atoms with Crippen LogP contribution in [0.4, 0.5) is 4.79 Å². The molecule has 2 saturated heterocycles. The van der Waals surface area contributed by atoms with Crippen LogP contribution < -0.4 is 5.59 Å². The molecule has 0 saturated carbocycles. The topological polar surface area (TPSA) is 73.8 Å². The molecular weight excluding hydrogens is 333 g/mol. The van der Waals surface area contributed by atoms with E-state index in [0.29, 0.717) is 31.9 Å². The summed E-state index contributed by atoms with van der Waals surface area (Å²) in [6.07, 6.45) is 4.08. The van der Waals surface area contributed by atoms with Gasteiger partial charge in [0, 0.05) is 50.0 Å². The summed E-state index contributed by atoms with van der Waals surface area (Å²) in [4.78, 5) is 22.9. The van der Waals surface area contributed by atoms with E-state index >= 15 is 0 Å². The third kappa shape index (κ3) is 4.74. The molecule has 2 aliphatic heterocycles. The Kier molecular flexibility index (Phi) is 5.26. The Bertz CT molecular complexity index is 635. The molecule has 0 N–H and O–H groups in total. The molecule has 1 amide bonds. The Morgan fingerprint density at radius 1 is 1.27 bits per heavy atom. The Labute approximate surface area is 155 Å². The van der Waals surface area contributed by atoms with Crippen LogP contribution in [0.5, 0.6) is 0 Å². The van der Waals surface area contributed by atoms with Crippen LogP contribution in [0.1, 0.15) is 52.7 Å². The quantitative estimate of drug-likeness (QED) is 0.750. The van der Waals surface area contributed by atoms with Crippen LogP contribution in [0.15, 0.2) is 12.4 Å². The molecule has 8 heteroatoms. The lowest BCUT2D eigenvalue weighted by atomic mass is 9.80. The van der Waals surface area contributed by atoms with Gasteiger partial charge < -0.3 is 18.9 Å². The fraction of sp³-hybridized carbons (Fsp3) is 0.722. The van der Waals surface area contributed by atoms with Gasteiger partial charge in [0.15, 0.2) is 0 Å². The zero-order valence-corrected chi connectivity index (χ0v) is 16.3. The monoisotopic (exact) mass is 361 g/mol. The van der Waals surface area contributed by atoms with E-state index in [0.717, 1.165) is 12.1 Å². The average Bonchev–Trinajstić information content (AvgIpc) is 3.04. The van der Waals surface area contributed by atoms with Crippen molar-refractivity contribution in [3.63, 3.8) is 0 Å². The van der Waals surface area contributed by atoms with Gasteiger partial charge in [-0.05, 0) is 27.2 Å². The van der Waals surface area contributed by atoms with E-state index in [4.69, 9.17) is 14.0 Å². The van der Waals surface area contributed by atoms with Crippen LogP contribution in [0.2, 0.25) is 0 Å². The van der Waals surface area contributed by atoms with E-state index in [2.05, 4.69) is 23.8 Å². The molecule has 1 unspecified atom stereocenters. The molecule has 0 aliphatic carbocycles. The summed E-state index contributed by atoms with van der Waals surface area (Å²) in [7, 11) is -0.452. The molecule has 1 atom stereocenters. The number of rotatable bonds is 2. The standard InChI is InChI=1S/C18H28BN3O4/c1-17(2,3)26-16(23)22-7-6-13(10-22)14-8-21-15(9-20-14)19-24-11-18(4,5)12-25-19/h8-9,13H,6-7,10-12H2,1-5H3. The highest BCUT2D eigenvalue weighted by atomic mass is 16.6. The highest BCUT2D eigenvalue weighted by Crippen LogP contribution is 2.26. The summed E-state index contributed by atoms with van der Waals surface area (Å²) >= 11 is 0. The maximum atomic E-state index is 12.2. The highest BCUT2D eigenvalue weighted by Gasteiger charge is 2.35. The second-order valence-electron chi connectivity index (χ2n) is 8.90. The number of hydrogen-bond donors (Lipinski definition) is 0. The molecule has 142 valence electrons. The van der Waals surface area contributed by atoms with Gasteiger partial charge in [-0.25, -0.2) is 4.79 Å². The van der Waals surface area contributed by atoms with Gasteiger partial charge in [-0.3, -0.25) is 9.97 Å². The Morgan fingerprint density at radius 2 is 1.96 bits per heavy atom. The summed E-state index contributed by atoms with van der Waals surface area (Å²) in [5.41, 5.74) is 1.12. The van der Waals surface area contributed by atoms with E-state index in [9.17, 15) is 4.79 Å². The van der Waals surface area contributed by atoms with Crippen LogP contribution in [-0.4, -0.2) is 60.0 Å². The van der Waals surface area contributed by atoms with Gasteiger partial charge in [-0.15, -0.1) is 0 Å². The lowest BCUT2D eigenvalue weighted by molar-refractivity contribution is 0.0292. The highest BCUT2D eigenvalue weighted by molar-refractivity contribution is 6.60. The summed E-state index contributed by atoms with van der Waals surface area (Å²) in [5.74, 6) is 0.177. The van der Waals surface area contributed by atoms with Crippen LogP contribution in [-0.2, 0) is 14.0 Å². The molecule has 1 aromatic rings. The molecule has 26 heavy (non-hydrogen) atoms. The molecular formula is C18H28BN3O4. The average molecular weight is 361 g/mol. The van der Waals surface area contributed by atoms with Crippen LogP contribution in [0.3, 0.4) is 0 Å². The molecule has 0 bridgehead atoms. The summed E-state index contributed by atoms with van der Waals surface area (Å²) in [6, 6.07) is 0. The first-order chi connectivity index (χ1) is 12.1. The Morgan fingerprint density at radius 3 is 2.54 bits per heavy atom. The van der Waals surface area contributed by atoms with Crippen molar-refractivity contribution in [3.8, 4) is 0 Å². The van der Waals surface area contributed by atoms with Crippen molar-refractivity contribution in [2.24, 2.45) is 5.41 Å². The predicted octanol–water partition coefficient (Wildman–Crippen LogP) is 1.97. The zero-order chi connectivity index (χ0) is 18.9. The summed E-state index contributed by atoms with van der Waals surface area (Å²) in [5, 5.41) is 0. The number of amides is 1. The van der Waals surface area contributed by atoms with E-state index in [1.54, 1.807) is 17.3 Å². The number of likely N-dealkylation sites (tertiary alicyclic amines) is 1. The first-order valence-electron chi connectivity index (χ1n) is 9.16. The van der Waals surface area contributed by atoms with Crippen molar-refractivity contribution >= 4 is 18.8 Å². The number of nitrogens with zero attached hydrogens (tertiary/aromatic N) is 3. The van der Waals surface area contributed by atoms with Crippen molar-refractivity contribution in [3.05, 3.63) is 18.1 Å². The fourth-order valence-corrected chi connectivity index (χ4v) is 3.04. The molecule has 7 nitrogen and oxygen atoms in total. The fourth-order valence-electron chi connectivity index (χ4n) is 3.04. The molecule has 0 radical (unpaired) electrons. The van der Waals surface area contributed by atoms with Gasteiger partial charge in [0.05, 0.1) is 11.3 Å². The van der Waals surface area contributed by atoms with E-state index in [-0.39, 0.29) is 17.4 Å². The lowest BCUT2D eigenvalue weighted by Gasteiger charge is -2.32. The molecule has 1 aromatic heterocycles. The van der Waals surface area contributed by atoms with Gasteiger partial charge in [-0.1, -0.05) is 13.8 Å². The van der Waals surface area contributed by atoms with Crippen molar-refractivity contribution in [2.45, 2.75) is 52.6 Å². The molecule has 2 fully saturated rings. The summed E-state index contributed by atoms with van der Waals surface area (Å²) in [6.45, 7) is 12.4. The van der Waals surface area contributed by atoms with Crippen molar-refractivity contribution in [1.82, 2.24) is 14.9 Å². The molecule has 0 aromatic carbocycles. The van der Waals surface area contributed by atoms with Gasteiger partial charge in [0.1, 0.15) is 5.60 Å². The van der Waals surface area contributed by atoms with Gasteiger partial charge in [-0.2, -0.15) is 0 Å². The number of carbonyl (C=O) groups is 1. The minimum atomic E-state index is -0.481. The largest absolute Gasteiger partial charge is 0.515 e. The maximum Gasteiger partial charge on any atom is 0.515 e. The lowest BCUT2D eigenvalue weighted by Crippen LogP contribution is -2.48. The van der Waals surface area contributed by atoms with Crippen molar-refractivity contribution < 1.29 is 18.8 Å². The SMILES string of the molecule is CC1(C)COB(c2cnc(C3CCN(C(=O)OC(C)(C)C)C3)cn2)OC1. The molecule has 3 rings (SSSR count). The van der Waals surface area contributed by atoms with Crippen LogP contribution in [0.25, 0.3) is 0 Å². The van der Waals surface area contributed by atoms with Crippen molar-refractivity contribution in [1.29, 1.82) is 0 Å². The minimum absolute atomic E-state index is 0.0266.